The third kappa shape index (κ3) is 5.47. The highest BCUT2D eigenvalue weighted by Gasteiger charge is 2.08. The predicted octanol–water partition coefficient (Wildman–Crippen LogP) is 3.27. The van der Waals surface area contributed by atoms with Crippen molar-refractivity contribution in [3.05, 3.63) is 60.2 Å². The van der Waals surface area contributed by atoms with E-state index in [9.17, 15) is 9.59 Å². The molecule has 2 rings (SSSR count). The van der Waals surface area contributed by atoms with Gasteiger partial charge in [0.05, 0.1) is 12.2 Å². The molecule has 0 fully saturated rings. The minimum absolute atomic E-state index is 0.0791. The zero-order valence-electron chi connectivity index (χ0n) is 13.0. The van der Waals surface area contributed by atoms with Gasteiger partial charge in [0.2, 0.25) is 0 Å². The van der Waals surface area contributed by atoms with Gasteiger partial charge in [-0.25, -0.2) is 4.79 Å². The maximum atomic E-state index is 11.8. The monoisotopic (exact) mass is 313 g/mol. The SMILES string of the molecule is CCCOC(=O)c1ccc(NC(=O)COc2ccccc2)cc1. The van der Waals surface area contributed by atoms with Crippen molar-refractivity contribution in [3.8, 4) is 5.75 Å². The standard InChI is InChI=1S/C18H19NO4/c1-2-12-22-18(21)14-8-10-15(11-9-14)19-17(20)13-23-16-6-4-3-5-7-16/h3-11H,2,12-13H2,1H3,(H,19,20). The van der Waals surface area contributed by atoms with Gasteiger partial charge in [-0.3, -0.25) is 4.79 Å². The largest absolute Gasteiger partial charge is 0.484 e. The number of carbonyl (C=O) groups excluding carboxylic acids is 2. The molecule has 120 valence electrons. The van der Waals surface area contributed by atoms with E-state index in [0.29, 0.717) is 23.6 Å². The van der Waals surface area contributed by atoms with Crippen molar-refractivity contribution in [3.63, 3.8) is 0 Å². The van der Waals surface area contributed by atoms with Gasteiger partial charge in [0.15, 0.2) is 6.61 Å². The van der Waals surface area contributed by atoms with Gasteiger partial charge in [-0.15, -0.1) is 0 Å². The van der Waals surface area contributed by atoms with Crippen LogP contribution in [0.2, 0.25) is 0 Å². The fourth-order valence-corrected chi connectivity index (χ4v) is 1.83. The van der Waals surface area contributed by atoms with Crippen LogP contribution in [0, 0.1) is 0 Å². The lowest BCUT2D eigenvalue weighted by Gasteiger charge is -2.08. The molecule has 0 aliphatic rings. The molecule has 0 saturated carbocycles. The van der Waals surface area contributed by atoms with E-state index >= 15 is 0 Å². The summed E-state index contributed by atoms with van der Waals surface area (Å²) < 4.78 is 10.4. The molecule has 0 radical (unpaired) electrons. The van der Waals surface area contributed by atoms with Crippen LogP contribution in [-0.4, -0.2) is 25.1 Å². The predicted molar refractivity (Wildman–Crippen MR) is 87.6 cm³/mol. The highest BCUT2D eigenvalue weighted by molar-refractivity contribution is 5.93. The lowest BCUT2D eigenvalue weighted by atomic mass is 10.2. The third-order valence-electron chi connectivity index (χ3n) is 2.95. The maximum absolute atomic E-state index is 11.8. The summed E-state index contributed by atoms with van der Waals surface area (Å²) in [7, 11) is 0. The molecule has 0 atom stereocenters. The second kappa shape index (κ2) is 8.58. The summed E-state index contributed by atoms with van der Waals surface area (Å²) in [6.45, 7) is 2.25. The fraction of sp³-hybridized carbons (Fsp3) is 0.222. The normalized spacial score (nSPS) is 9.96. The molecule has 0 aliphatic carbocycles. The molecule has 0 spiro atoms. The number of ether oxygens (including phenoxy) is 2. The number of hydrogen-bond acceptors (Lipinski definition) is 4. The lowest BCUT2D eigenvalue weighted by molar-refractivity contribution is -0.118. The minimum Gasteiger partial charge on any atom is -0.484 e. The van der Waals surface area contributed by atoms with Crippen molar-refractivity contribution in [1.82, 2.24) is 0 Å². The van der Waals surface area contributed by atoms with Gasteiger partial charge >= 0.3 is 5.97 Å². The molecule has 23 heavy (non-hydrogen) atoms. The van der Waals surface area contributed by atoms with Crippen LogP contribution in [0.1, 0.15) is 23.7 Å². The van der Waals surface area contributed by atoms with Crippen LogP contribution < -0.4 is 10.1 Å². The average molecular weight is 313 g/mol. The summed E-state index contributed by atoms with van der Waals surface area (Å²) in [4.78, 5) is 23.5. The summed E-state index contributed by atoms with van der Waals surface area (Å²) >= 11 is 0. The first-order chi connectivity index (χ1) is 11.2. The molecular formula is C18H19NO4. The molecule has 0 heterocycles. The Kier molecular flexibility index (Phi) is 6.17. The molecule has 1 N–H and O–H groups in total. The molecular weight excluding hydrogens is 294 g/mol. The van der Waals surface area contributed by atoms with Gasteiger partial charge in [0.1, 0.15) is 5.75 Å². The highest BCUT2D eigenvalue weighted by Crippen LogP contribution is 2.12. The summed E-state index contributed by atoms with van der Waals surface area (Å²) in [5.41, 5.74) is 1.05. The quantitative estimate of drug-likeness (QED) is 0.797. The summed E-state index contributed by atoms with van der Waals surface area (Å²) in [5.74, 6) is 0.00367. The van der Waals surface area contributed by atoms with Crippen LogP contribution in [0.25, 0.3) is 0 Å². The van der Waals surface area contributed by atoms with Crippen molar-refractivity contribution < 1.29 is 19.1 Å². The number of rotatable bonds is 7. The molecule has 0 bridgehead atoms. The Hall–Kier alpha value is -2.82. The van der Waals surface area contributed by atoms with E-state index in [1.165, 1.54) is 0 Å². The Morgan fingerprint density at radius 1 is 1.00 bits per heavy atom. The Morgan fingerprint density at radius 3 is 2.35 bits per heavy atom. The van der Waals surface area contributed by atoms with E-state index < -0.39 is 0 Å². The highest BCUT2D eigenvalue weighted by atomic mass is 16.5. The van der Waals surface area contributed by atoms with Crippen LogP contribution in [0.5, 0.6) is 5.75 Å². The van der Waals surface area contributed by atoms with Crippen LogP contribution in [0.3, 0.4) is 0 Å². The van der Waals surface area contributed by atoms with E-state index in [2.05, 4.69) is 5.32 Å². The van der Waals surface area contributed by atoms with Gasteiger partial charge in [-0.1, -0.05) is 25.1 Å². The number of amides is 1. The van der Waals surface area contributed by atoms with Gasteiger partial charge in [-0.05, 0) is 42.8 Å². The number of benzene rings is 2. The van der Waals surface area contributed by atoms with Gasteiger partial charge in [-0.2, -0.15) is 0 Å². The Balaban J connectivity index is 1.83. The van der Waals surface area contributed by atoms with E-state index in [1.807, 2.05) is 25.1 Å². The molecule has 5 heteroatoms. The zero-order valence-corrected chi connectivity index (χ0v) is 13.0. The van der Waals surface area contributed by atoms with E-state index in [4.69, 9.17) is 9.47 Å². The van der Waals surface area contributed by atoms with Crippen LogP contribution >= 0.6 is 0 Å². The van der Waals surface area contributed by atoms with Crippen LogP contribution in [-0.2, 0) is 9.53 Å². The van der Waals surface area contributed by atoms with Crippen LogP contribution in [0.15, 0.2) is 54.6 Å². The first-order valence-corrected chi connectivity index (χ1v) is 7.44. The van der Waals surface area contributed by atoms with Gasteiger partial charge < -0.3 is 14.8 Å². The first kappa shape index (κ1) is 16.5. The molecule has 0 aromatic heterocycles. The Labute approximate surface area is 135 Å². The van der Waals surface area contributed by atoms with E-state index in [1.54, 1.807) is 36.4 Å². The maximum Gasteiger partial charge on any atom is 0.338 e. The summed E-state index contributed by atoms with van der Waals surface area (Å²) in [6.07, 6.45) is 0.779. The summed E-state index contributed by atoms with van der Waals surface area (Å²) in [5, 5.41) is 2.71. The molecule has 2 aromatic rings. The molecule has 0 aliphatic heterocycles. The number of esters is 1. The second-order valence-corrected chi connectivity index (χ2v) is 4.86. The van der Waals surface area contributed by atoms with Crippen molar-refractivity contribution >= 4 is 17.6 Å². The Morgan fingerprint density at radius 2 is 1.70 bits per heavy atom. The smallest absolute Gasteiger partial charge is 0.338 e. The average Bonchev–Trinajstić information content (AvgIpc) is 2.59. The molecule has 0 unspecified atom stereocenters. The zero-order chi connectivity index (χ0) is 16.5. The number of carbonyl (C=O) groups is 2. The fourth-order valence-electron chi connectivity index (χ4n) is 1.83. The Bertz CT molecular complexity index is 638. The number of hydrogen-bond donors (Lipinski definition) is 1. The minimum atomic E-state index is -0.364. The van der Waals surface area contributed by atoms with Gasteiger partial charge in [0.25, 0.3) is 5.91 Å². The molecule has 0 saturated heterocycles. The first-order valence-electron chi connectivity index (χ1n) is 7.44. The molecule has 2 aromatic carbocycles. The number of nitrogens with one attached hydrogen (secondary N) is 1. The topological polar surface area (TPSA) is 64.6 Å². The van der Waals surface area contributed by atoms with Gasteiger partial charge in [0, 0.05) is 5.69 Å². The third-order valence-corrected chi connectivity index (χ3v) is 2.95. The number of anilines is 1. The number of para-hydroxylation sites is 1. The van der Waals surface area contributed by atoms with Crippen molar-refractivity contribution in [2.75, 3.05) is 18.5 Å². The van der Waals surface area contributed by atoms with Crippen molar-refractivity contribution in [2.45, 2.75) is 13.3 Å². The lowest BCUT2D eigenvalue weighted by Crippen LogP contribution is -2.20. The summed E-state index contributed by atoms with van der Waals surface area (Å²) in [6, 6.07) is 15.7. The second-order valence-electron chi connectivity index (χ2n) is 4.86. The van der Waals surface area contributed by atoms with Crippen LogP contribution in [0.4, 0.5) is 5.69 Å². The van der Waals surface area contributed by atoms with E-state index in [-0.39, 0.29) is 18.5 Å². The van der Waals surface area contributed by atoms with Crippen molar-refractivity contribution in [2.24, 2.45) is 0 Å². The van der Waals surface area contributed by atoms with E-state index in [0.717, 1.165) is 6.42 Å². The molecule has 5 nitrogen and oxygen atoms in total. The molecule has 1 amide bonds. The van der Waals surface area contributed by atoms with Crippen molar-refractivity contribution in [1.29, 1.82) is 0 Å².